The predicted molar refractivity (Wildman–Crippen MR) is 63.7 cm³/mol. The van der Waals surface area contributed by atoms with Gasteiger partial charge in [0.2, 0.25) is 0 Å². The van der Waals surface area contributed by atoms with Crippen molar-refractivity contribution in [2.75, 3.05) is 33.2 Å². The van der Waals surface area contributed by atoms with Gasteiger partial charge in [-0.2, -0.15) is 17.0 Å². The minimum atomic E-state index is -3.37. The Morgan fingerprint density at radius 2 is 2.06 bits per heavy atom. The van der Waals surface area contributed by atoms with Gasteiger partial charge in [-0.05, 0) is 25.3 Å². The van der Waals surface area contributed by atoms with Crippen molar-refractivity contribution >= 4 is 10.2 Å². The molecule has 0 aromatic carbocycles. The molecule has 0 amide bonds. The molecular weight excluding hydrogens is 226 g/mol. The lowest BCUT2D eigenvalue weighted by molar-refractivity contribution is 0.265. The zero-order valence-corrected chi connectivity index (χ0v) is 10.4. The Labute approximate surface area is 97.8 Å². The van der Waals surface area contributed by atoms with E-state index in [4.69, 9.17) is 12.2 Å². The van der Waals surface area contributed by atoms with Crippen LogP contribution in [0.1, 0.15) is 12.8 Å². The summed E-state index contributed by atoms with van der Waals surface area (Å²) in [6.07, 6.45) is 6.77. The maximum absolute atomic E-state index is 12.0. The minimum absolute atomic E-state index is 0.110. The summed E-state index contributed by atoms with van der Waals surface area (Å²) in [5.74, 6) is 2.78. The van der Waals surface area contributed by atoms with Gasteiger partial charge in [0.05, 0.1) is 6.54 Å². The SMILES string of the molecule is C#CCN(C)S(=O)(=O)N1CCC(CN)CC1. The Morgan fingerprint density at radius 1 is 1.50 bits per heavy atom. The number of hydrogen-bond acceptors (Lipinski definition) is 3. The lowest BCUT2D eigenvalue weighted by Gasteiger charge is -2.32. The fourth-order valence-electron chi connectivity index (χ4n) is 1.78. The first-order valence-electron chi connectivity index (χ1n) is 5.37. The van der Waals surface area contributed by atoms with Crippen molar-refractivity contribution in [3.63, 3.8) is 0 Å². The van der Waals surface area contributed by atoms with Gasteiger partial charge < -0.3 is 5.73 Å². The molecule has 0 aliphatic carbocycles. The molecule has 0 radical (unpaired) electrons. The lowest BCUT2D eigenvalue weighted by atomic mass is 9.99. The average molecular weight is 245 g/mol. The fourth-order valence-corrected chi connectivity index (χ4v) is 3.09. The van der Waals surface area contributed by atoms with Crippen molar-refractivity contribution in [1.82, 2.24) is 8.61 Å². The lowest BCUT2D eigenvalue weighted by Crippen LogP contribution is -2.46. The number of nitrogens with zero attached hydrogens (tertiary/aromatic N) is 2. The van der Waals surface area contributed by atoms with Crippen molar-refractivity contribution in [3.05, 3.63) is 0 Å². The molecule has 0 unspecified atom stereocenters. The predicted octanol–water partition coefficient (Wildman–Crippen LogP) is -0.533. The molecule has 1 rings (SSSR count). The first kappa shape index (κ1) is 13.5. The van der Waals surface area contributed by atoms with Crippen molar-refractivity contribution in [3.8, 4) is 12.3 Å². The Bertz CT molecular complexity index is 353. The largest absolute Gasteiger partial charge is 0.330 e. The minimum Gasteiger partial charge on any atom is -0.330 e. The van der Waals surface area contributed by atoms with Gasteiger partial charge in [0.1, 0.15) is 0 Å². The van der Waals surface area contributed by atoms with Gasteiger partial charge in [0.15, 0.2) is 0 Å². The number of nitrogens with two attached hydrogens (primary N) is 1. The highest BCUT2D eigenvalue weighted by Crippen LogP contribution is 2.19. The Kier molecular flexibility index (Phi) is 4.74. The molecule has 0 aromatic rings. The second-order valence-corrected chi connectivity index (χ2v) is 6.08. The molecule has 2 N–H and O–H groups in total. The van der Waals surface area contributed by atoms with Crippen LogP contribution in [-0.2, 0) is 10.2 Å². The summed E-state index contributed by atoms with van der Waals surface area (Å²) < 4.78 is 26.7. The molecule has 0 atom stereocenters. The first-order valence-corrected chi connectivity index (χ1v) is 6.77. The van der Waals surface area contributed by atoms with Crippen LogP contribution in [-0.4, -0.2) is 50.3 Å². The molecule has 6 heteroatoms. The molecule has 0 spiro atoms. The van der Waals surface area contributed by atoms with Crippen LogP contribution in [0.4, 0.5) is 0 Å². The van der Waals surface area contributed by atoms with Gasteiger partial charge in [-0.15, -0.1) is 6.42 Å². The Morgan fingerprint density at radius 3 is 2.50 bits per heavy atom. The third-order valence-corrected chi connectivity index (χ3v) is 4.88. The molecule has 16 heavy (non-hydrogen) atoms. The van der Waals surface area contributed by atoms with Crippen LogP contribution in [0.5, 0.6) is 0 Å². The smallest absolute Gasteiger partial charge is 0.282 e. The molecule has 1 fully saturated rings. The van der Waals surface area contributed by atoms with E-state index in [-0.39, 0.29) is 6.54 Å². The molecule has 1 heterocycles. The molecule has 0 saturated carbocycles. The second-order valence-electron chi connectivity index (χ2n) is 4.05. The highest BCUT2D eigenvalue weighted by Gasteiger charge is 2.30. The number of terminal acetylenes is 1. The summed E-state index contributed by atoms with van der Waals surface area (Å²) in [6, 6.07) is 0. The average Bonchev–Trinajstić information content (AvgIpc) is 2.29. The fraction of sp³-hybridized carbons (Fsp3) is 0.800. The van der Waals surface area contributed by atoms with Crippen LogP contribution < -0.4 is 5.73 Å². The van der Waals surface area contributed by atoms with E-state index in [0.29, 0.717) is 25.6 Å². The molecule has 92 valence electrons. The van der Waals surface area contributed by atoms with Crippen LogP contribution in [0.3, 0.4) is 0 Å². The molecule has 1 aliphatic rings. The van der Waals surface area contributed by atoms with Crippen molar-refractivity contribution in [2.24, 2.45) is 11.7 Å². The second kappa shape index (κ2) is 5.64. The quantitative estimate of drug-likeness (QED) is 0.677. The maximum atomic E-state index is 12.0. The van der Waals surface area contributed by atoms with E-state index in [0.717, 1.165) is 12.8 Å². The van der Waals surface area contributed by atoms with E-state index in [1.54, 1.807) is 0 Å². The number of rotatable bonds is 4. The first-order chi connectivity index (χ1) is 7.52. The zero-order valence-electron chi connectivity index (χ0n) is 9.59. The summed E-state index contributed by atoms with van der Waals surface area (Å²) in [5, 5.41) is 0. The normalized spacial score (nSPS) is 19.9. The van der Waals surface area contributed by atoms with Gasteiger partial charge >= 0.3 is 0 Å². The van der Waals surface area contributed by atoms with Crippen molar-refractivity contribution in [2.45, 2.75) is 12.8 Å². The maximum Gasteiger partial charge on any atom is 0.282 e. The van der Waals surface area contributed by atoms with Crippen LogP contribution in [0, 0.1) is 18.3 Å². The van der Waals surface area contributed by atoms with Crippen LogP contribution in [0.15, 0.2) is 0 Å². The van der Waals surface area contributed by atoms with E-state index in [9.17, 15) is 8.42 Å². The number of hydrogen-bond donors (Lipinski definition) is 1. The summed E-state index contributed by atoms with van der Waals surface area (Å²) >= 11 is 0. The third-order valence-electron chi connectivity index (χ3n) is 2.94. The van der Waals surface area contributed by atoms with Crippen LogP contribution in [0.25, 0.3) is 0 Å². The monoisotopic (exact) mass is 245 g/mol. The number of piperidine rings is 1. The van der Waals surface area contributed by atoms with Gasteiger partial charge in [-0.3, -0.25) is 0 Å². The Balaban J connectivity index is 2.62. The van der Waals surface area contributed by atoms with Gasteiger partial charge in [0, 0.05) is 20.1 Å². The topological polar surface area (TPSA) is 66.6 Å². The van der Waals surface area contributed by atoms with Crippen LogP contribution in [0.2, 0.25) is 0 Å². The summed E-state index contributed by atoms with van der Waals surface area (Å²) in [6.45, 7) is 1.82. The van der Waals surface area contributed by atoms with E-state index in [2.05, 4.69) is 5.92 Å². The molecular formula is C10H19N3O2S. The molecule has 1 saturated heterocycles. The molecule has 0 aromatic heterocycles. The molecule has 5 nitrogen and oxygen atoms in total. The third kappa shape index (κ3) is 2.95. The van der Waals surface area contributed by atoms with Gasteiger partial charge in [0.25, 0.3) is 10.2 Å². The van der Waals surface area contributed by atoms with Gasteiger partial charge in [-0.25, -0.2) is 0 Å². The van der Waals surface area contributed by atoms with E-state index in [1.807, 2.05) is 0 Å². The zero-order chi connectivity index (χ0) is 12.2. The van der Waals surface area contributed by atoms with E-state index < -0.39 is 10.2 Å². The molecule has 1 aliphatic heterocycles. The standard InChI is InChI=1S/C10H19N3O2S/c1-3-6-12(2)16(14,15)13-7-4-10(9-11)5-8-13/h1,10H,4-9,11H2,2H3. The van der Waals surface area contributed by atoms with Crippen molar-refractivity contribution in [1.29, 1.82) is 0 Å². The summed E-state index contributed by atoms with van der Waals surface area (Å²) in [5.41, 5.74) is 5.56. The van der Waals surface area contributed by atoms with E-state index in [1.165, 1.54) is 15.7 Å². The summed E-state index contributed by atoms with van der Waals surface area (Å²) in [7, 11) is -1.87. The highest BCUT2D eigenvalue weighted by atomic mass is 32.2. The Hall–Kier alpha value is -0.610. The van der Waals surface area contributed by atoms with E-state index >= 15 is 0 Å². The summed E-state index contributed by atoms with van der Waals surface area (Å²) in [4.78, 5) is 0. The highest BCUT2D eigenvalue weighted by molar-refractivity contribution is 7.86. The van der Waals surface area contributed by atoms with Crippen LogP contribution >= 0.6 is 0 Å². The van der Waals surface area contributed by atoms with Gasteiger partial charge in [-0.1, -0.05) is 5.92 Å². The van der Waals surface area contributed by atoms with Crippen molar-refractivity contribution < 1.29 is 8.42 Å². The molecule has 0 bridgehead atoms.